The van der Waals surface area contributed by atoms with Crippen molar-refractivity contribution in [3.63, 3.8) is 0 Å². The summed E-state index contributed by atoms with van der Waals surface area (Å²) in [6, 6.07) is 6.01. The van der Waals surface area contributed by atoms with Crippen molar-refractivity contribution < 1.29 is 4.79 Å². The molecule has 0 saturated carbocycles. The Hall–Kier alpha value is -1.26. The number of piperidine rings is 1. The third kappa shape index (κ3) is 3.89. The van der Waals surface area contributed by atoms with Crippen molar-refractivity contribution in [2.24, 2.45) is 5.92 Å². The Balaban J connectivity index is 2.20. The summed E-state index contributed by atoms with van der Waals surface area (Å²) in [4.78, 5) is 14.2. The first kappa shape index (κ1) is 16.1. The molecule has 1 fully saturated rings. The van der Waals surface area contributed by atoms with Crippen LogP contribution in [-0.2, 0) is 11.3 Å². The molecule has 1 amide bonds. The van der Waals surface area contributed by atoms with E-state index >= 15 is 0 Å². The molecule has 0 aromatic heterocycles. The van der Waals surface area contributed by atoms with Crippen LogP contribution in [0.1, 0.15) is 25.3 Å². The van der Waals surface area contributed by atoms with Gasteiger partial charge in [-0.25, -0.2) is 0 Å². The molecule has 1 aromatic rings. The molecular weight excluding hydrogens is 286 g/mol. The Labute approximate surface area is 131 Å². The van der Waals surface area contributed by atoms with E-state index in [1.165, 1.54) is 0 Å². The van der Waals surface area contributed by atoms with E-state index < -0.39 is 0 Å². The molecule has 1 aliphatic rings. The van der Waals surface area contributed by atoms with Gasteiger partial charge in [0.15, 0.2) is 0 Å². The molecule has 0 bridgehead atoms. The van der Waals surface area contributed by atoms with Crippen LogP contribution in [-0.4, -0.2) is 32.6 Å². The Morgan fingerprint density at radius 1 is 1.48 bits per heavy atom. The molecule has 21 heavy (non-hydrogen) atoms. The number of hydrogen-bond acceptors (Lipinski definition) is 3. The molecule has 0 aliphatic carbocycles. The zero-order valence-electron chi connectivity index (χ0n) is 12.8. The third-order valence-corrected chi connectivity index (χ3v) is 4.38. The van der Waals surface area contributed by atoms with Crippen LogP contribution in [0.4, 0.5) is 5.69 Å². The van der Waals surface area contributed by atoms with Gasteiger partial charge >= 0.3 is 0 Å². The van der Waals surface area contributed by atoms with E-state index in [0.29, 0.717) is 0 Å². The van der Waals surface area contributed by atoms with Crippen LogP contribution in [0.15, 0.2) is 18.2 Å². The van der Waals surface area contributed by atoms with Gasteiger partial charge in [0.05, 0.1) is 5.92 Å². The molecule has 1 aliphatic heterocycles. The maximum atomic E-state index is 11.9. The number of hydrogen-bond donors (Lipinski definition) is 2. The van der Waals surface area contributed by atoms with Gasteiger partial charge in [-0.05, 0) is 31.5 Å². The molecule has 1 heterocycles. The molecule has 2 N–H and O–H groups in total. The second-order valence-corrected chi connectivity index (χ2v) is 5.82. The summed E-state index contributed by atoms with van der Waals surface area (Å²) in [5.41, 5.74) is 2.27. The monoisotopic (exact) mass is 309 g/mol. The number of rotatable bonds is 5. The summed E-state index contributed by atoms with van der Waals surface area (Å²) in [6.07, 6.45) is 1.99. The van der Waals surface area contributed by atoms with E-state index in [1.54, 1.807) is 7.05 Å². The summed E-state index contributed by atoms with van der Waals surface area (Å²) in [6.45, 7) is 5.49. The highest BCUT2D eigenvalue weighted by Crippen LogP contribution is 2.30. The van der Waals surface area contributed by atoms with Crippen molar-refractivity contribution in [1.82, 2.24) is 10.6 Å². The van der Waals surface area contributed by atoms with E-state index in [-0.39, 0.29) is 11.8 Å². The van der Waals surface area contributed by atoms with E-state index in [1.807, 2.05) is 12.1 Å². The predicted octanol–water partition coefficient (Wildman–Crippen LogP) is 2.41. The van der Waals surface area contributed by atoms with E-state index in [4.69, 9.17) is 11.6 Å². The summed E-state index contributed by atoms with van der Waals surface area (Å²) < 4.78 is 0. The highest BCUT2D eigenvalue weighted by Gasteiger charge is 2.26. The summed E-state index contributed by atoms with van der Waals surface area (Å²) in [5, 5.41) is 6.89. The van der Waals surface area contributed by atoms with Gasteiger partial charge in [0.2, 0.25) is 5.91 Å². The highest BCUT2D eigenvalue weighted by atomic mass is 35.5. The fraction of sp³-hybridized carbons (Fsp3) is 0.562. The van der Waals surface area contributed by atoms with Crippen molar-refractivity contribution >= 4 is 23.2 Å². The van der Waals surface area contributed by atoms with Crippen LogP contribution in [0.2, 0.25) is 5.02 Å². The Kier molecular flexibility index (Phi) is 5.88. The van der Waals surface area contributed by atoms with Gasteiger partial charge in [-0.15, -0.1) is 0 Å². The molecule has 1 unspecified atom stereocenters. The number of amides is 1. The predicted molar refractivity (Wildman–Crippen MR) is 87.8 cm³/mol. The zero-order chi connectivity index (χ0) is 15.2. The quantitative estimate of drug-likeness (QED) is 0.878. The highest BCUT2D eigenvalue weighted by molar-refractivity contribution is 6.31. The minimum absolute atomic E-state index is 0.0646. The minimum Gasteiger partial charge on any atom is -0.370 e. The lowest BCUT2D eigenvalue weighted by Crippen LogP contribution is -2.42. The smallest absolute Gasteiger partial charge is 0.224 e. The summed E-state index contributed by atoms with van der Waals surface area (Å²) in [7, 11) is 1.71. The number of nitrogens with one attached hydrogen (secondary N) is 2. The lowest BCUT2D eigenvalue weighted by molar-refractivity contribution is -0.124. The number of nitrogens with zero attached hydrogens (tertiary/aromatic N) is 1. The first-order chi connectivity index (χ1) is 10.2. The van der Waals surface area contributed by atoms with Crippen molar-refractivity contribution in [3.8, 4) is 0 Å². The lowest BCUT2D eigenvalue weighted by Gasteiger charge is -2.35. The largest absolute Gasteiger partial charge is 0.370 e. The molecule has 1 aromatic carbocycles. The average Bonchev–Trinajstić information content (AvgIpc) is 2.53. The van der Waals surface area contributed by atoms with Crippen LogP contribution in [0.5, 0.6) is 0 Å². The SMILES string of the molecule is CCNCc1c(Cl)cccc1N1CCCC(C(=O)NC)C1. The minimum atomic E-state index is 0.0646. The maximum absolute atomic E-state index is 11.9. The van der Waals surface area contributed by atoms with Gasteiger partial charge in [0.1, 0.15) is 0 Å². The number of benzene rings is 1. The number of carbonyl (C=O) groups is 1. The van der Waals surface area contributed by atoms with Crippen molar-refractivity contribution in [2.45, 2.75) is 26.3 Å². The van der Waals surface area contributed by atoms with Gasteiger partial charge in [-0.1, -0.05) is 24.6 Å². The van der Waals surface area contributed by atoms with Crippen LogP contribution in [0, 0.1) is 5.92 Å². The van der Waals surface area contributed by atoms with Gasteiger partial charge in [0.25, 0.3) is 0 Å². The fourth-order valence-corrected chi connectivity index (χ4v) is 3.12. The lowest BCUT2D eigenvalue weighted by atomic mass is 9.96. The molecule has 1 atom stereocenters. The molecule has 1 saturated heterocycles. The average molecular weight is 310 g/mol. The van der Waals surface area contributed by atoms with Crippen LogP contribution in [0.3, 0.4) is 0 Å². The van der Waals surface area contributed by atoms with Gasteiger partial charge in [-0.3, -0.25) is 4.79 Å². The first-order valence-electron chi connectivity index (χ1n) is 7.62. The van der Waals surface area contributed by atoms with Gasteiger partial charge in [0, 0.05) is 43.0 Å². The molecule has 116 valence electrons. The molecular formula is C16H24ClN3O. The van der Waals surface area contributed by atoms with Crippen molar-refractivity contribution in [2.75, 3.05) is 31.6 Å². The first-order valence-corrected chi connectivity index (χ1v) is 7.99. The molecule has 5 heteroatoms. The number of halogens is 1. The van der Waals surface area contributed by atoms with Crippen LogP contribution < -0.4 is 15.5 Å². The van der Waals surface area contributed by atoms with E-state index in [9.17, 15) is 4.79 Å². The summed E-state index contributed by atoms with van der Waals surface area (Å²) >= 11 is 6.36. The topological polar surface area (TPSA) is 44.4 Å². The van der Waals surface area contributed by atoms with Crippen LogP contribution in [0.25, 0.3) is 0 Å². The van der Waals surface area contributed by atoms with E-state index in [2.05, 4.69) is 28.5 Å². The van der Waals surface area contributed by atoms with Crippen molar-refractivity contribution in [1.29, 1.82) is 0 Å². The second-order valence-electron chi connectivity index (χ2n) is 5.42. The van der Waals surface area contributed by atoms with Crippen molar-refractivity contribution in [3.05, 3.63) is 28.8 Å². The third-order valence-electron chi connectivity index (χ3n) is 4.03. The zero-order valence-corrected chi connectivity index (χ0v) is 13.5. The number of carbonyl (C=O) groups excluding carboxylic acids is 1. The van der Waals surface area contributed by atoms with Gasteiger partial charge < -0.3 is 15.5 Å². The van der Waals surface area contributed by atoms with Crippen LogP contribution >= 0.6 is 11.6 Å². The maximum Gasteiger partial charge on any atom is 0.224 e. The van der Waals surface area contributed by atoms with E-state index in [0.717, 1.165) is 55.3 Å². The Morgan fingerprint density at radius 2 is 2.29 bits per heavy atom. The fourth-order valence-electron chi connectivity index (χ4n) is 2.88. The molecule has 0 radical (unpaired) electrons. The molecule has 4 nitrogen and oxygen atoms in total. The number of anilines is 1. The van der Waals surface area contributed by atoms with Gasteiger partial charge in [-0.2, -0.15) is 0 Å². The second kappa shape index (κ2) is 7.66. The molecule has 2 rings (SSSR count). The normalized spacial score (nSPS) is 18.6. The Morgan fingerprint density at radius 3 is 3.00 bits per heavy atom. The molecule has 0 spiro atoms. The summed E-state index contributed by atoms with van der Waals surface area (Å²) in [5.74, 6) is 0.199. The standard InChI is InChI=1S/C16H24ClN3O/c1-3-19-10-13-14(17)7-4-8-15(13)20-9-5-6-12(11-20)16(21)18-2/h4,7-8,12,19H,3,5-6,9-11H2,1-2H3,(H,18,21). The Bertz CT molecular complexity index is 492.